The van der Waals surface area contributed by atoms with E-state index in [1.54, 1.807) is 48.3 Å². The summed E-state index contributed by atoms with van der Waals surface area (Å²) in [5, 5.41) is 0.568. The molecule has 0 aromatic heterocycles. The first kappa shape index (κ1) is 19.7. The van der Waals surface area contributed by atoms with E-state index in [-0.39, 0.29) is 24.9 Å². The normalized spacial score (nSPS) is 10.5. The molecule has 2 rings (SSSR count). The van der Waals surface area contributed by atoms with E-state index in [4.69, 9.17) is 16.3 Å². The first-order valence-corrected chi connectivity index (χ1v) is 8.19. The maximum Gasteiger partial charge on any atom is 0.276 e. The van der Waals surface area contributed by atoms with Crippen molar-refractivity contribution < 1.29 is 18.7 Å². The van der Waals surface area contributed by atoms with Crippen LogP contribution in [-0.2, 0) is 16.1 Å². The number of rotatable bonds is 7. The third-order valence-corrected chi connectivity index (χ3v) is 3.56. The number of carbonyl (C=O) groups is 2. The summed E-state index contributed by atoms with van der Waals surface area (Å²) >= 11 is 5.76. The molecule has 2 N–H and O–H groups in total. The Bertz CT molecular complexity index is 738. The van der Waals surface area contributed by atoms with Crippen LogP contribution in [-0.4, -0.2) is 36.9 Å². The number of hydrogen-bond acceptors (Lipinski definition) is 4. The lowest BCUT2D eigenvalue weighted by Crippen LogP contribution is -2.47. The maximum atomic E-state index is 12.9. The molecule has 0 atom stereocenters. The SMILES string of the molecule is CN(CC(=O)NNC(=O)COc1ccc(Cl)cc1)Cc1ccc(F)cc1. The van der Waals surface area contributed by atoms with E-state index in [2.05, 4.69) is 10.9 Å². The Kier molecular flexibility index (Phi) is 7.37. The van der Waals surface area contributed by atoms with Crippen molar-refractivity contribution in [1.82, 2.24) is 15.8 Å². The summed E-state index contributed by atoms with van der Waals surface area (Å²) in [7, 11) is 1.74. The second-order valence-electron chi connectivity index (χ2n) is 5.64. The highest BCUT2D eigenvalue weighted by Gasteiger charge is 2.09. The van der Waals surface area contributed by atoms with Gasteiger partial charge in [0.1, 0.15) is 11.6 Å². The standard InChI is InChI=1S/C18H19ClFN3O3/c1-23(10-13-2-6-15(20)7-3-13)11-17(24)21-22-18(25)12-26-16-8-4-14(19)5-9-16/h2-9H,10-12H2,1H3,(H,21,24)(H,22,25). The minimum Gasteiger partial charge on any atom is -0.484 e. The summed E-state index contributed by atoms with van der Waals surface area (Å²) in [5.41, 5.74) is 5.46. The Morgan fingerprint density at radius 2 is 1.65 bits per heavy atom. The van der Waals surface area contributed by atoms with Crippen LogP contribution in [0.4, 0.5) is 4.39 Å². The molecule has 0 unspecified atom stereocenters. The van der Waals surface area contributed by atoms with Gasteiger partial charge in [0.05, 0.1) is 6.54 Å². The lowest BCUT2D eigenvalue weighted by atomic mass is 10.2. The maximum absolute atomic E-state index is 12.9. The van der Waals surface area contributed by atoms with Gasteiger partial charge < -0.3 is 4.74 Å². The number of ether oxygens (including phenoxy) is 1. The summed E-state index contributed by atoms with van der Waals surface area (Å²) < 4.78 is 18.1. The van der Waals surface area contributed by atoms with Crippen LogP contribution in [0, 0.1) is 5.82 Å². The first-order chi connectivity index (χ1) is 12.4. The summed E-state index contributed by atoms with van der Waals surface area (Å²) in [5.74, 6) is -0.684. The Labute approximate surface area is 155 Å². The number of hydrazine groups is 1. The van der Waals surface area contributed by atoms with Crippen molar-refractivity contribution in [3.63, 3.8) is 0 Å². The van der Waals surface area contributed by atoms with Crippen LogP contribution in [0.5, 0.6) is 5.75 Å². The summed E-state index contributed by atoms with van der Waals surface area (Å²) in [6.07, 6.45) is 0. The van der Waals surface area contributed by atoms with E-state index in [9.17, 15) is 14.0 Å². The monoisotopic (exact) mass is 379 g/mol. The highest BCUT2D eigenvalue weighted by atomic mass is 35.5. The van der Waals surface area contributed by atoms with Gasteiger partial charge in [-0.1, -0.05) is 23.7 Å². The fourth-order valence-electron chi connectivity index (χ4n) is 2.10. The summed E-state index contributed by atoms with van der Waals surface area (Å²) in [6, 6.07) is 12.6. The molecule has 0 bridgehead atoms. The van der Waals surface area contributed by atoms with E-state index in [1.165, 1.54) is 12.1 Å². The second kappa shape index (κ2) is 9.74. The quantitative estimate of drug-likeness (QED) is 0.723. The number of likely N-dealkylation sites (N-methyl/N-ethyl adjacent to an activating group) is 1. The number of carbonyl (C=O) groups excluding carboxylic acids is 2. The molecule has 2 aromatic rings. The number of amides is 2. The molecule has 0 aliphatic heterocycles. The summed E-state index contributed by atoms with van der Waals surface area (Å²) in [4.78, 5) is 25.2. The molecule has 0 aliphatic carbocycles. The van der Waals surface area contributed by atoms with E-state index >= 15 is 0 Å². The van der Waals surface area contributed by atoms with Gasteiger partial charge in [-0.25, -0.2) is 4.39 Å². The van der Waals surface area contributed by atoms with Gasteiger partial charge in [-0.05, 0) is 49.0 Å². The molecule has 0 aliphatic rings. The Hall–Kier alpha value is -2.64. The molecule has 0 heterocycles. The molecule has 0 spiro atoms. The van der Waals surface area contributed by atoms with Gasteiger partial charge in [0.2, 0.25) is 0 Å². The minimum absolute atomic E-state index is 0.0652. The van der Waals surface area contributed by atoms with Gasteiger partial charge in [-0.15, -0.1) is 0 Å². The van der Waals surface area contributed by atoms with Crippen molar-refractivity contribution in [2.75, 3.05) is 20.2 Å². The van der Waals surface area contributed by atoms with Crippen LogP contribution in [0.15, 0.2) is 48.5 Å². The molecular formula is C18H19ClFN3O3. The number of nitrogens with one attached hydrogen (secondary N) is 2. The van der Waals surface area contributed by atoms with Crippen LogP contribution in [0.1, 0.15) is 5.56 Å². The fourth-order valence-corrected chi connectivity index (χ4v) is 2.22. The van der Waals surface area contributed by atoms with Crippen molar-refractivity contribution in [2.45, 2.75) is 6.54 Å². The zero-order valence-electron chi connectivity index (χ0n) is 14.2. The number of halogens is 2. The molecular weight excluding hydrogens is 361 g/mol. The molecule has 6 nitrogen and oxygen atoms in total. The van der Waals surface area contributed by atoms with Crippen molar-refractivity contribution in [2.24, 2.45) is 0 Å². The van der Waals surface area contributed by atoms with E-state index in [0.29, 0.717) is 17.3 Å². The lowest BCUT2D eigenvalue weighted by molar-refractivity contribution is -0.130. The average molecular weight is 380 g/mol. The predicted octanol–water partition coefficient (Wildman–Crippen LogP) is 2.14. The van der Waals surface area contributed by atoms with Gasteiger partial charge in [-0.3, -0.25) is 25.3 Å². The molecule has 0 saturated heterocycles. The average Bonchev–Trinajstić information content (AvgIpc) is 2.61. The van der Waals surface area contributed by atoms with Crippen LogP contribution in [0.3, 0.4) is 0 Å². The smallest absolute Gasteiger partial charge is 0.276 e. The van der Waals surface area contributed by atoms with Crippen LogP contribution in [0.2, 0.25) is 5.02 Å². The highest BCUT2D eigenvalue weighted by Crippen LogP contribution is 2.15. The molecule has 8 heteroatoms. The van der Waals surface area contributed by atoms with E-state index in [1.807, 2.05) is 0 Å². The molecule has 138 valence electrons. The van der Waals surface area contributed by atoms with Gasteiger partial charge >= 0.3 is 0 Å². The van der Waals surface area contributed by atoms with Crippen LogP contribution in [0.25, 0.3) is 0 Å². The van der Waals surface area contributed by atoms with Crippen molar-refractivity contribution in [1.29, 1.82) is 0 Å². The van der Waals surface area contributed by atoms with Gasteiger partial charge in [0.25, 0.3) is 11.8 Å². The van der Waals surface area contributed by atoms with E-state index < -0.39 is 5.91 Å². The van der Waals surface area contributed by atoms with Crippen molar-refractivity contribution in [3.05, 3.63) is 64.9 Å². The summed E-state index contributed by atoms with van der Waals surface area (Å²) in [6.45, 7) is 0.296. The van der Waals surface area contributed by atoms with E-state index in [0.717, 1.165) is 5.56 Å². The topological polar surface area (TPSA) is 70.7 Å². The number of benzene rings is 2. The van der Waals surface area contributed by atoms with Crippen molar-refractivity contribution in [3.8, 4) is 5.75 Å². The fraction of sp³-hybridized carbons (Fsp3) is 0.222. The van der Waals surface area contributed by atoms with Gasteiger partial charge in [-0.2, -0.15) is 0 Å². The largest absolute Gasteiger partial charge is 0.484 e. The predicted molar refractivity (Wildman–Crippen MR) is 96.0 cm³/mol. The van der Waals surface area contributed by atoms with Gasteiger partial charge in [0, 0.05) is 11.6 Å². The second-order valence-corrected chi connectivity index (χ2v) is 6.07. The lowest BCUT2D eigenvalue weighted by Gasteiger charge is -2.16. The Morgan fingerprint density at radius 3 is 2.31 bits per heavy atom. The zero-order chi connectivity index (χ0) is 18.9. The van der Waals surface area contributed by atoms with Crippen LogP contribution >= 0.6 is 11.6 Å². The Balaban J connectivity index is 1.66. The van der Waals surface area contributed by atoms with Gasteiger partial charge in [0.15, 0.2) is 6.61 Å². The third-order valence-electron chi connectivity index (χ3n) is 3.30. The molecule has 0 radical (unpaired) electrons. The number of hydrogen-bond donors (Lipinski definition) is 2. The molecule has 0 saturated carbocycles. The first-order valence-electron chi connectivity index (χ1n) is 7.81. The number of nitrogens with zero attached hydrogens (tertiary/aromatic N) is 1. The molecule has 26 heavy (non-hydrogen) atoms. The minimum atomic E-state index is -0.491. The van der Waals surface area contributed by atoms with Crippen LogP contribution < -0.4 is 15.6 Å². The van der Waals surface area contributed by atoms with Crippen molar-refractivity contribution >= 4 is 23.4 Å². The molecule has 2 aromatic carbocycles. The zero-order valence-corrected chi connectivity index (χ0v) is 14.9. The molecule has 2 amide bonds. The Morgan fingerprint density at radius 1 is 1.04 bits per heavy atom. The highest BCUT2D eigenvalue weighted by molar-refractivity contribution is 6.30. The third kappa shape index (κ3) is 7.08. The molecule has 0 fully saturated rings.